The van der Waals surface area contributed by atoms with Crippen molar-refractivity contribution >= 4 is 39.4 Å². The number of hydrazine groups is 1. The van der Waals surface area contributed by atoms with Gasteiger partial charge in [-0.05, 0) is 40.6 Å². The van der Waals surface area contributed by atoms with Crippen molar-refractivity contribution in [3.63, 3.8) is 0 Å². The lowest BCUT2D eigenvalue weighted by Gasteiger charge is -2.21. The molecule has 1 unspecified atom stereocenters. The molecule has 1 aromatic rings. The van der Waals surface area contributed by atoms with E-state index < -0.39 is 0 Å². The monoisotopic (exact) mass is 344 g/mol. The lowest BCUT2D eigenvalue weighted by Crippen LogP contribution is -2.32. The number of nitrogen functional groups attached to an aromatic ring is 1. The second-order valence-electron chi connectivity index (χ2n) is 4.39. The van der Waals surface area contributed by atoms with Crippen LogP contribution in [0.2, 0.25) is 0 Å². The Hall–Kier alpha value is -0.790. The number of carbonyl (C=O) groups excluding carboxylic acids is 1. The molecule has 0 bridgehead atoms. The van der Waals surface area contributed by atoms with Crippen LogP contribution in [-0.4, -0.2) is 28.4 Å². The van der Waals surface area contributed by atoms with Crippen molar-refractivity contribution in [2.75, 3.05) is 17.7 Å². The summed E-state index contributed by atoms with van der Waals surface area (Å²) in [5, 5.41) is 3.47. The maximum atomic E-state index is 12.1. The van der Waals surface area contributed by atoms with Crippen molar-refractivity contribution in [3.8, 4) is 0 Å². The highest BCUT2D eigenvalue weighted by atomic mass is 79.9. The highest BCUT2D eigenvalue weighted by Crippen LogP contribution is 2.24. The van der Waals surface area contributed by atoms with Crippen molar-refractivity contribution < 1.29 is 4.79 Å². The van der Waals surface area contributed by atoms with Crippen LogP contribution >= 0.6 is 27.7 Å². The summed E-state index contributed by atoms with van der Waals surface area (Å²) in [5.41, 5.74) is 2.90. The summed E-state index contributed by atoms with van der Waals surface area (Å²) >= 11 is 5.24. The Morgan fingerprint density at radius 1 is 1.58 bits per heavy atom. The largest absolute Gasteiger partial charge is 0.351 e. The number of nitrogens with zero attached hydrogens (tertiary/aromatic N) is 1. The molecule has 1 aromatic heterocycles. The quantitative estimate of drug-likeness (QED) is 0.576. The van der Waals surface area contributed by atoms with Gasteiger partial charge in [-0.3, -0.25) is 4.79 Å². The predicted molar refractivity (Wildman–Crippen MR) is 82.2 cm³/mol. The molecule has 1 saturated heterocycles. The Kier molecular flexibility index (Phi) is 5.47. The maximum Gasteiger partial charge on any atom is 0.255 e. The van der Waals surface area contributed by atoms with Crippen molar-refractivity contribution in [1.29, 1.82) is 0 Å². The first kappa shape index (κ1) is 14.6. The van der Waals surface area contributed by atoms with Gasteiger partial charge in [-0.25, -0.2) is 10.8 Å². The zero-order valence-electron chi connectivity index (χ0n) is 10.5. The Balaban J connectivity index is 1.97. The molecule has 1 aliphatic rings. The van der Waals surface area contributed by atoms with E-state index in [9.17, 15) is 4.79 Å². The Bertz CT molecular complexity index is 451. The second kappa shape index (κ2) is 7.12. The van der Waals surface area contributed by atoms with Crippen LogP contribution in [0.3, 0.4) is 0 Å². The molecule has 2 rings (SSSR count). The van der Waals surface area contributed by atoms with Crippen molar-refractivity contribution in [2.24, 2.45) is 5.84 Å². The minimum atomic E-state index is -0.145. The third-order valence-electron chi connectivity index (χ3n) is 3.00. The fourth-order valence-corrected chi connectivity index (χ4v) is 3.57. The maximum absolute atomic E-state index is 12.1. The van der Waals surface area contributed by atoms with Gasteiger partial charge < -0.3 is 10.7 Å². The first-order valence-electron chi connectivity index (χ1n) is 6.22. The Morgan fingerprint density at radius 3 is 3.11 bits per heavy atom. The molecule has 0 radical (unpaired) electrons. The van der Waals surface area contributed by atoms with Crippen LogP contribution < -0.4 is 16.6 Å². The highest BCUT2D eigenvalue weighted by molar-refractivity contribution is 9.10. The van der Waals surface area contributed by atoms with Crippen LogP contribution in [0.25, 0.3) is 0 Å². The highest BCUT2D eigenvalue weighted by Gasteiger charge is 2.17. The summed E-state index contributed by atoms with van der Waals surface area (Å²) in [6.07, 6.45) is 5.31. The van der Waals surface area contributed by atoms with Crippen molar-refractivity contribution in [3.05, 3.63) is 22.3 Å². The molecule has 7 heteroatoms. The molecule has 104 valence electrons. The number of aromatic nitrogens is 1. The number of nitrogens with two attached hydrogens (primary N) is 1. The molecule has 1 fully saturated rings. The molecule has 2 heterocycles. The van der Waals surface area contributed by atoms with Gasteiger partial charge in [0, 0.05) is 22.5 Å². The number of hydrogen-bond donors (Lipinski definition) is 3. The zero-order valence-corrected chi connectivity index (χ0v) is 12.9. The average molecular weight is 345 g/mol. The third kappa shape index (κ3) is 4.09. The van der Waals surface area contributed by atoms with Gasteiger partial charge in [-0.2, -0.15) is 11.8 Å². The molecule has 1 aliphatic heterocycles. The van der Waals surface area contributed by atoms with Gasteiger partial charge in [0.05, 0.1) is 5.56 Å². The van der Waals surface area contributed by atoms with Crippen LogP contribution in [0.15, 0.2) is 16.7 Å². The number of amides is 1. The smallest absolute Gasteiger partial charge is 0.255 e. The van der Waals surface area contributed by atoms with E-state index in [0.29, 0.717) is 23.2 Å². The lowest BCUT2D eigenvalue weighted by atomic mass is 10.2. The molecule has 0 saturated carbocycles. The van der Waals surface area contributed by atoms with E-state index >= 15 is 0 Å². The predicted octanol–water partition coefficient (Wildman–Crippen LogP) is 2.15. The fourth-order valence-electron chi connectivity index (χ4n) is 2.00. The molecular weight excluding hydrogens is 328 g/mol. The van der Waals surface area contributed by atoms with Crippen molar-refractivity contribution in [2.45, 2.75) is 24.5 Å². The summed E-state index contributed by atoms with van der Waals surface area (Å²) in [7, 11) is 0. The van der Waals surface area contributed by atoms with Crippen LogP contribution in [0.5, 0.6) is 0 Å². The van der Waals surface area contributed by atoms with E-state index in [1.54, 1.807) is 12.3 Å². The third-order valence-corrected chi connectivity index (χ3v) is 4.83. The van der Waals surface area contributed by atoms with Crippen LogP contribution in [0, 0.1) is 0 Å². The van der Waals surface area contributed by atoms with Gasteiger partial charge in [0.1, 0.15) is 0 Å². The average Bonchev–Trinajstić information content (AvgIpc) is 2.46. The molecule has 5 nitrogen and oxygen atoms in total. The topological polar surface area (TPSA) is 80.0 Å². The van der Waals surface area contributed by atoms with Crippen LogP contribution in [-0.2, 0) is 0 Å². The van der Waals surface area contributed by atoms with E-state index in [0.717, 1.165) is 4.47 Å². The molecular formula is C12H17BrN4OS. The molecule has 0 aromatic carbocycles. The minimum Gasteiger partial charge on any atom is -0.351 e. The van der Waals surface area contributed by atoms with E-state index in [1.807, 2.05) is 11.8 Å². The molecule has 0 aliphatic carbocycles. The van der Waals surface area contributed by atoms with E-state index in [4.69, 9.17) is 5.84 Å². The summed E-state index contributed by atoms with van der Waals surface area (Å²) in [5.74, 6) is 6.80. The number of thioether (sulfide) groups is 1. The number of pyridine rings is 1. The van der Waals surface area contributed by atoms with Crippen LogP contribution in [0.1, 0.15) is 29.6 Å². The van der Waals surface area contributed by atoms with Crippen LogP contribution in [0.4, 0.5) is 5.82 Å². The van der Waals surface area contributed by atoms with E-state index in [-0.39, 0.29) is 5.91 Å². The van der Waals surface area contributed by atoms with Gasteiger partial charge in [-0.15, -0.1) is 0 Å². The summed E-state index contributed by atoms with van der Waals surface area (Å²) in [4.78, 5) is 16.2. The van der Waals surface area contributed by atoms with E-state index in [1.165, 1.54) is 25.0 Å². The standard InChI is InChI=1S/C12H17BrN4OS/c13-8-5-10(11(17-14)15-6-8)12(18)16-7-9-3-1-2-4-19-9/h5-6,9H,1-4,7,14H2,(H,15,17)(H,16,18). The minimum absolute atomic E-state index is 0.145. The number of anilines is 1. The normalized spacial score (nSPS) is 18.9. The first-order chi connectivity index (χ1) is 9.20. The number of nitrogens with one attached hydrogen (secondary N) is 2. The van der Waals surface area contributed by atoms with Crippen molar-refractivity contribution in [1.82, 2.24) is 10.3 Å². The van der Waals surface area contributed by atoms with Gasteiger partial charge >= 0.3 is 0 Å². The first-order valence-corrected chi connectivity index (χ1v) is 8.07. The summed E-state index contributed by atoms with van der Waals surface area (Å²) < 4.78 is 0.753. The molecule has 1 amide bonds. The molecule has 19 heavy (non-hydrogen) atoms. The van der Waals surface area contributed by atoms with E-state index in [2.05, 4.69) is 31.7 Å². The Morgan fingerprint density at radius 2 is 2.42 bits per heavy atom. The SMILES string of the molecule is NNc1ncc(Br)cc1C(=O)NCC1CCCCS1. The number of rotatable bonds is 4. The number of halogens is 1. The number of carbonyl (C=O) groups is 1. The fraction of sp³-hybridized carbons (Fsp3) is 0.500. The zero-order chi connectivity index (χ0) is 13.7. The van der Waals surface area contributed by atoms with Gasteiger partial charge in [-0.1, -0.05) is 6.42 Å². The summed E-state index contributed by atoms with van der Waals surface area (Å²) in [6.45, 7) is 0.694. The van der Waals surface area contributed by atoms with Gasteiger partial charge in [0.2, 0.25) is 0 Å². The number of hydrogen-bond acceptors (Lipinski definition) is 5. The molecule has 4 N–H and O–H groups in total. The molecule has 1 atom stereocenters. The molecule has 0 spiro atoms. The van der Waals surface area contributed by atoms with Gasteiger partial charge in [0.25, 0.3) is 5.91 Å². The second-order valence-corrected chi connectivity index (χ2v) is 6.72. The van der Waals surface area contributed by atoms with Gasteiger partial charge in [0.15, 0.2) is 5.82 Å². The summed E-state index contributed by atoms with van der Waals surface area (Å²) in [6, 6.07) is 1.71. The lowest BCUT2D eigenvalue weighted by molar-refractivity contribution is 0.0954. The Labute approximate surface area is 125 Å².